The van der Waals surface area contributed by atoms with Gasteiger partial charge in [0.15, 0.2) is 17.3 Å². The maximum atomic E-state index is 11.9. The van der Waals surface area contributed by atoms with Crippen molar-refractivity contribution in [2.24, 2.45) is 17.8 Å². The first-order chi connectivity index (χ1) is 17.4. The molecule has 3 aromatic heterocycles. The predicted octanol–water partition coefficient (Wildman–Crippen LogP) is 6.14. The maximum absolute atomic E-state index is 11.9. The lowest BCUT2D eigenvalue weighted by molar-refractivity contribution is 0.0684. The van der Waals surface area contributed by atoms with Gasteiger partial charge in [-0.3, -0.25) is 4.98 Å². The molecule has 0 amide bonds. The lowest BCUT2D eigenvalue weighted by atomic mass is 9.83. The zero-order chi connectivity index (χ0) is 25.2. The number of anilines is 1. The first kappa shape index (κ1) is 24.7. The summed E-state index contributed by atoms with van der Waals surface area (Å²) in [5, 5.41) is 13.2. The van der Waals surface area contributed by atoms with E-state index < -0.39 is 5.97 Å². The molecule has 0 atom stereocenters. The highest BCUT2D eigenvalue weighted by molar-refractivity contribution is 5.92. The van der Waals surface area contributed by atoms with Gasteiger partial charge in [0.1, 0.15) is 11.2 Å². The number of carbonyl (C=O) groups is 1. The van der Waals surface area contributed by atoms with Crippen LogP contribution in [0, 0.1) is 17.8 Å². The smallest absolute Gasteiger partial charge is 0.374 e. The molecule has 0 spiro atoms. The van der Waals surface area contributed by atoms with Gasteiger partial charge in [-0.05, 0) is 60.6 Å². The molecule has 2 aliphatic carbocycles. The second-order valence-electron chi connectivity index (χ2n) is 11.2. The first-order valence-corrected chi connectivity index (χ1v) is 13.6. The first-order valence-electron chi connectivity index (χ1n) is 13.6. The molecule has 3 heterocycles. The van der Waals surface area contributed by atoms with Crippen LogP contribution in [0.15, 0.2) is 18.3 Å². The summed E-state index contributed by atoms with van der Waals surface area (Å²) in [5.74, 6) is 2.37. The van der Waals surface area contributed by atoms with Crippen LogP contribution in [0.3, 0.4) is 0 Å². The van der Waals surface area contributed by atoms with Crippen molar-refractivity contribution in [2.45, 2.75) is 84.6 Å². The van der Waals surface area contributed by atoms with E-state index in [9.17, 15) is 9.90 Å². The van der Waals surface area contributed by atoms with Gasteiger partial charge in [0.2, 0.25) is 5.82 Å². The average Bonchev–Trinajstić information content (AvgIpc) is 3.20. The van der Waals surface area contributed by atoms with Crippen LogP contribution in [0.25, 0.3) is 22.7 Å². The monoisotopic (exact) mass is 490 g/mol. The number of pyridine rings is 1. The van der Waals surface area contributed by atoms with Gasteiger partial charge >= 0.3 is 5.97 Å². The molecule has 0 bridgehead atoms. The summed E-state index contributed by atoms with van der Waals surface area (Å²) in [7, 11) is 0. The normalized spacial score (nSPS) is 20.6. The van der Waals surface area contributed by atoms with E-state index in [0.29, 0.717) is 23.3 Å². The Labute approximate surface area is 213 Å². The molecule has 0 saturated heterocycles. The highest BCUT2D eigenvalue weighted by Crippen LogP contribution is 2.35. The van der Waals surface area contributed by atoms with E-state index in [0.717, 1.165) is 48.4 Å². The predicted molar refractivity (Wildman–Crippen MR) is 141 cm³/mol. The van der Waals surface area contributed by atoms with E-state index in [4.69, 9.17) is 4.98 Å². The van der Waals surface area contributed by atoms with Crippen molar-refractivity contribution < 1.29 is 9.90 Å². The van der Waals surface area contributed by atoms with Crippen molar-refractivity contribution in [1.29, 1.82) is 0 Å². The highest BCUT2D eigenvalue weighted by Gasteiger charge is 2.26. The summed E-state index contributed by atoms with van der Waals surface area (Å²) in [5.41, 5.74) is 3.20. The Morgan fingerprint density at radius 3 is 2.56 bits per heavy atom. The van der Waals surface area contributed by atoms with Gasteiger partial charge in [0.05, 0.1) is 0 Å². The highest BCUT2D eigenvalue weighted by atomic mass is 16.4. The van der Waals surface area contributed by atoms with Gasteiger partial charge in [-0.2, -0.15) is 0 Å². The number of hydrogen-bond acceptors (Lipinski definition) is 6. The summed E-state index contributed by atoms with van der Waals surface area (Å²) >= 11 is 0. The van der Waals surface area contributed by atoms with Gasteiger partial charge < -0.3 is 15.0 Å². The maximum Gasteiger partial charge on any atom is 0.374 e. The van der Waals surface area contributed by atoms with Crippen LogP contribution < -0.4 is 5.32 Å². The standard InChI is InChI=1S/C28H38N6O2/c1-17(2)21-12-14-29-22(15-21)27-33-25-23(34(27)16-20-9-7-18(3)8-10-20)24(31-26(32-25)28(35)36)30-13-11-19-5-4-6-19/h12,14-15,17-20H,4-11,13,16H2,1-3H3,(H,35,36)(H,30,31,32)/t18-,20-. The molecule has 5 rings (SSSR count). The van der Waals surface area contributed by atoms with Gasteiger partial charge in [0, 0.05) is 19.3 Å². The van der Waals surface area contributed by atoms with E-state index in [1.807, 2.05) is 12.3 Å². The number of hydrogen-bond donors (Lipinski definition) is 2. The fraction of sp³-hybridized carbons (Fsp3) is 0.607. The number of aromatic nitrogens is 5. The molecule has 2 aliphatic rings. The number of nitrogens with zero attached hydrogens (tertiary/aromatic N) is 5. The molecule has 36 heavy (non-hydrogen) atoms. The zero-order valence-corrected chi connectivity index (χ0v) is 21.7. The lowest BCUT2D eigenvalue weighted by Crippen LogP contribution is -2.20. The third-order valence-corrected chi connectivity index (χ3v) is 8.12. The van der Waals surface area contributed by atoms with Crippen LogP contribution in [0.5, 0.6) is 0 Å². The lowest BCUT2D eigenvalue weighted by Gasteiger charge is -2.27. The van der Waals surface area contributed by atoms with Crippen LogP contribution in [0.4, 0.5) is 5.82 Å². The molecular formula is C28H38N6O2. The Balaban J connectivity index is 1.60. The molecule has 2 fully saturated rings. The van der Waals surface area contributed by atoms with Crippen LogP contribution in [0.1, 0.15) is 94.2 Å². The minimum atomic E-state index is -1.14. The molecule has 2 N–H and O–H groups in total. The molecule has 0 aromatic carbocycles. The van der Waals surface area contributed by atoms with Crippen molar-refractivity contribution in [3.8, 4) is 11.5 Å². The molecule has 8 nitrogen and oxygen atoms in total. The van der Waals surface area contributed by atoms with Gasteiger partial charge in [-0.25, -0.2) is 19.7 Å². The van der Waals surface area contributed by atoms with E-state index in [2.05, 4.69) is 51.7 Å². The van der Waals surface area contributed by atoms with E-state index in [1.54, 1.807) is 0 Å². The minimum absolute atomic E-state index is 0.222. The van der Waals surface area contributed by atoms with Crippen LogP contribution in [-0.2, 0) is 6.54 Å². The second kappa shape index (κ2) is 10.5. The second-order valence-corrected chi connectivity index (χ2v) is 11.2. The molecule has 0 unspecified atom stereocenters. The molecule has 3 aromatic rings. The molecule has 0 radical (unpaired) electrons. The number of imidazole rings is 1. The zero-order valence-electron chi connectivity index (χ0n) is 21.7. The fourth-order valence-electron chi connectivity index (χ4n) is 5.50. The number of carboxylic acid groups (broad SMARTS) is 1. The quantitative estimate of drug-likeness (QED) is 0.371. The summed E-state index contributed by atoms with van der Waals surface area (Å²) in [6, 6.07) is 4.14. The van der Waals surface area contributed by atoms with Gasteiger partial charge in [0.25, 0.3) is 0 Å². The number of carboxylic acids is 1. The summed E-state index contributed by atoms with van der Waals surface area (Å²) in [4.78, 5) is 30.2. The number of aromatic carboxylic acids is 1. The molecule has 2 saturated carbocycles. The van der Waals surface area contributed by atoms with Crippen molar-refractivity contribution in [2.75, 3.05) is 11.9 Å². The van der Waals surface area contributed by atoms with Crippen molar-refractivity contribution in [3.63, 3.8) is 0 Å². The van der Waals surface area contributed by atoms with Gasteiger partial charge in [-0.1, -0.05) is 52.9 Å². The van der Waals surface area contributed by atoms with Gasteiger partial charge in [-0.15, -0.1) is 0 Å². The Hall–Kier alpha value is -3.03. The van der Waals surface area contributed by atoms with Crippen molar-refractivity contribution in [3.05, 3.63) is 29.7 Å². The van der Waals surface area contributed by atoms with Crippen LogP contribution in [-0.4, -0.2) is 42.1 Å². The molecule has 192 valence electrons. The topological polar surface area (TPSA) is 106 Å². The summed E-state index contributed by atoms with van der Waals surface area (Å²) in [6.07, 6.45) is 11.6. The minimum Gasteiger partial charge on any atom is -0.475 e. The fourth-order valence-corrected chi connectivity index (χ4v) is 5.50. The third kappa shape index (κ3) is 5.22. The molecule has 8 heteroatoms. The number of fused-ring (bicyclic) bond motifs is 1. The molecule has 0 aliphatic heterocycles. The van der Waals surface area contributed by atoms with Crippen molar-refractivity contribution in [1.82, 2.24) is 24.5 Å². The summed E-state index contributed by atoms with van der Waals surface area (Å²) in [6.45, 7) is 8.23. The van der Waals surface area contributed by atoms with Crippen molar-refractivity contribution >= 4 is 23.0 Å². The summed E-state index contributed by atoms with van der Waals surface area (Å²) < 4.78 is 2.21. The Kier molecular flexibility index (Phi) is 7.21. The number of rotatable bonds is 9. The Morgan fingerprint density at radius 2 is 1.89 bits per heavy atom. The van der Waals surface area contributed by atoms with Crippen LogP contribution >= 0.6 is 0 Å². The van der Waals surface area contributed by atoms with E-state index in [-0.39, 0.29) is 5.82 Å². The Bertz CT molecular complexity index is 1220. The third-order valence-electron chi connectivity index (χ3n) is 8.12. The molecular weight excluding hydrogens is 452 g/mol. The number of nitrogens with one attached hydrogen (secondary N) is 1. The Morgan fingerprint density at radius 1 is 1.11 bits per heavy atom. The SMILES string of the molecule is CC(C)c1ccnc(-c2nc3nc(C(=O)O)nc(NCCC4CCC4)c3n2C[C@H]2CC[C@H](C)CC2)c1. The largest absolute Gasteiger partial charge is 0.475 e. The van der Waals surface area contributed by atoms with E-state index >= 15 is 0 Å². The average molecular weight is 491 g/mol. The van der Waals surface area contributed by atoms with E-state index in [1.165, 1.54) is 50.5 Å². The van der Waals surface area contributed by atoms with Crippen LogP contribution in [0.2, 0.25) is 0 Å².